The van der Waals surface area contributed by atoms with Gasteiger partial charge in [-0.1, -0.05) is 60.7 Å². The van der Waals surface area contributed by atoms with Crippen molar-refractivity contribution >= 4 is 10.9 Å². The summed E-state index contributed by atoms with van der Waals surface area (Å²) in [5, 5.41) is 0.0573. The van der Waals surface area contributed by atoms with Crippen molar-refractivity contribution in [2.24, 2.45) is 0 Å². The smallest absolute Gasteiger partial charge is 0.354 e. The number of H-pyrrole nitrogens is 1. The average Bonchev–Trinajstić information content (AvgIpc) is 2.80. The minimum Gasteiger partial charge on any atom is -0.442 e. The van der Waals surface area contributed by atoms with Crippen LogP contribution in [0.5, 0.6) is 0 Å². The molecule has 2 aliphatic heterocycles. The summed E-state index contributed by atoms with van der Waals surface area (Å²) in [5.41, 5.74) is -1.31. The fraction of sp³-hybridized carbons (Fsp3) is 0.125. The molecule has 33 heavy (non-hydrogen) atoms. The van der Waals surface area contributed by atoms with Gasteiger partial charge in [0.1, 0.15) is 16.7 Å². The number of fused-ring (bicyclic) bond motifs is 3. The molecule has 0 radical (unpaired) electrons. The van der Waals surface area contributed by atoms with Crippen LogP contribution in [0.1, 0.15) is 16.9 Å². The van der Waals surface area contributed by atoms with Gasteiger partial charge < -0.3 is 4.42 Å². The highest BCUT2D eigenvalue weighted by molar-refractivity contribution is 5.92. The van der Waals surface area contributed by atoms with E-state index in [0.29, 0.717) is 0 Å². The van der Waals surface area contributed by atoms with Crippen molar-refractivity contribution in [1.29, 1.82) is 0 Å². The second-order valence-corrected chi connectivity index (χ2v) is 7.66. The van der Waals surface area contributed by atoms with E-state index in [0.717, 1.165) is 15.7 Å². The molecule has 0 unspecified atom stereocenters. The zero-order valence-electron chi connectivity index (χ0n) is 17.6. The molecule has 164 valence electrons. The molecule has 3 aromatic rings. The third-order valence-corrected chi connectivity index (χ3v) is 5.51. The maximum Gasteiger partial charge on any atom is 0.354 e. The van der Waals surface area contributed by atoms with Crippen molar-refractivity contribution in [2.45, 2.75) is 20.0 Å². The van der Waals surface area contributed by atoms with E-state index in [2.05, 4.69) is 9.97 Å². The van der Waals surface area contributed by atoms with Gasteiger partial charge >= 0.3 is 11.4 Å². The molecule has 0 spiro atoms. The SMILES string of the molecule is Cc1oc2nc(=O)n(Cc3ccccc3)c(=O)c-2c2c1c(=O)[nH]c(=O)n2Cc1ccccc1. The molecule has 1 aromatic heterocycles. The van der Waals surface area contributed by atoms with E-state index in [4.69, 9.17) is 4.42 Å². The molecule has 1 N–H and O–H groups in total. The fourth-order valence-electron chi connectivity index (χ4n) is 3.97. The van der Waals surface area contributed by atoms with Crippen molar-refractivity contribution < 1.29 is 4.42 Å². The number of rotatable bonds is 4. The van der Waals surface area contributed by atoms with Crippen LogP contribution in [0, 0.1) is 6.92 Å². The van der Waals surface area contributed by atoms with E-state index in [9.17, 15) is 19.2 Å². The highest BCUT2D eigenvalue weighted by Gasteiger charge is 2.26. The van der Waals surface area contributed by atoms with E-state index in [-0.39, 0.29) is 41.2 Å². The predicted molar refractivity (Wildman–Crippen MR) is 122 cm³/mol. The van der Waals surface area contributed by atoms with E-state index in [1.807, 2.05) is 36.4 Å². The first-order valence-corrected chi connectivity index (χ1v) is 10.2. The molecular weight excluding hydrogens is 424 g/mol. The van der Waals surface area contributed by atoms with Crippen molar-refractivity contribution in [1.82, 2.24) is 19.1 Å². The first-order chi connectivity index (χ1) is 15.9. The monoisotopic (exact) mass is 442 g/mol. The van der Waals surface area contributed by atoms with E-state index in [1.54, 1.807) is 24.3 Å². The van der Waals surface area contributed by atoms with Gasteiger partial charge in [-0.3, -0.25) is 23.7 Å². The minimum atomic E-state index is -0.777. The second-order valence-electron chi connectivity index (χ2n) is 7.66. The third kappa shape index (κ3) is 3.49. The third-order valence-electron chi connectivity index (χ3n) is 5.51. The Morgan fingerprint density at radius 2 is 1.42 bits per heavy atom. The van der Waals surface area contributed by atoms with Gasteiger partial charge in [0, 0.05) is 0 Å². The Morgan fingerprint density at radius 3 is 2.03 bits per heavy atom. The molecule has 3 heterocycles. The standard InChI is InChI=1S/C24H18N4O5/c1-14-17-19(27(23(31)25-20(17)29)12-15-8-4-2-5-9-15)18-21(33-14)26-24(32)28(22(18)30)13-16-10-6-3-7-11-16/h2-11H,12-13H2,1H3,(H,25,29,31). The molecule has 0 atom stereocenters. The fourth-order valence-corrected chi connectivity index (χ4v) is 3.97. The molecule has 0 bridgehead atoms. The van der Waals surface area contributed by atoms with Gasteiger partial charge in [0.25, 0.3) is 11.1 Å². The molecule has 0 aliphatic carbocycles. The molecule has 2 aromatic carbocycles. The second kappa shape index (κ2) is 7.86. The predicted octanol–water partition coefficient (Wildman–Crippen LogP) is 1.71. The Bertz CT molecular complexity index is 1700. The maximum atomic E-state index is 13.5. The van der Waals surface area contributed by atoms with Crippen LogP contribution in [0.2, 0.25) is 0 Å². The molecule has 9 heteroatoms. The summed E-state index contributed by atoms with van der Waals surface area (Å²) in [7, 11) is 0. The lowest BCUT2D eigenvalue weighted by molar-refractivity contribution is 0.509. The van der Waals surface area contributed by atoms with Crippen molar-refractivity contribution in [2.75, 3.05) is 0 Å². The Balaban J connectivity index is 1.89. The Morgan fingerprint density at radius 1 is 0.848 bits per heavy atom. The van der Waals surface area contributed by atoms with Gasteiger partial charge in [0.15, 0.2) is 0 Å². The number of aryl methyl sites for hydroxylation is 1. The zero-order valence-corrected chi connectivity index (χ0v) is 17.6. The summed E-state index contributed by atoms with van der Waals surface area (Å²) in [5.74, 6) is -0.0706. The highest BCUT2D eigenvalue weighted by Crippen LogP contribution is 2.26. The number of hydrogen-bond donors (Lipinski definition) is 1. The van der Waals surface area contributed by atoms with Gasteiger partial charge in [0.2, 0.25) is 5.89 Å². The first kappa shape index (κ1) is 20.4. The largest absolute Gasteiger partial charge is 0.442 e. The normalized spacial score (nSPS) is 11.3. The van der Waals surface area contributed by atoms with Crippen LogP contribution in [0.25, 0.3) is 22.4 Å². The lowest BCUT2D eigenvalue weighted by Gasteiger charge is -2.16. The molecule has 2 aliphatic rings. The number of aromatic amines is 1. The topological polar surface area (TPSA) is 120 Å². The summed E-state index contributed by atoms with van der Waals surface area (Å²) in [6.07, 6.45) is 0. The summed E-state index contributed by atoms with van der Waals surface area (Å²) in [6, 6.07) is 18.1. The molecule has 0 saturated heterocycles. The van der Waals surface area contributed by atoms with Crippen LogP contribution in [0.3, 0.4) is 0 Å². The van der Waals surface area contributed by atoms with Gasteiger partial charge in [-0.15, -0.1) is 0 Å². The zero-order chi connectivity index (χ0) is 23.1. The van der Waals surface area contributed by atoms with Crippen LogP contribution in [0.15, 0.2) is 84.3 Å². The average molecular weight is 442 g/mol. The lowest BCUT2D eigenvalue weighted by Crippen LogP contribution is -2.39. The molecule has 9 nitrogen and oxygen atoms in total. The van der Waals surface area contributed by atoms with Crippen LogP contribution >= 0.6 is 0 Å². The van der Waals surface area contributed by atoms with Crippen LogP contribution in [0.4, 0.5) is 0 Å². The van der Waals surface area contributed by atoms with Crippen LogP contribution in [-0.4, -0.2) is 19.1 Å². The molecular formula is C24H18N4O5. The Kier molecular flexibility index (Phi) is 4.86. The number of hydrogen-bond acceptors (Lipinski definition) is 6. The molecule has 0 saturated carbocycles. The van der Waals surface area contributed by atoms with Crippen LogP contribution < -0.4 is 22.5 Å². The van der Waals surface area contributed by atoms with E-state index >= 15 is 0 Å². The van der Waals surface area contributed by atoms with Crippen molar-refractivity contribution in [3.05, 3.63) is 119 Å². The van der Waals surface area contributed by atoms with E-state index in [1.165, 1.54) is 11.5 Å². The first-order valence-electron chi connectivity index (χ1n) is 10.2. The summed E-state index contributed by atoms with van der Waals surface area (Å²) >= 11 is 0. The van der Waals surface area contributed by atoms with Crippen molar-refractivity contribution in [3.8, 4) is 11.5 Å². The summed E-state index contributed by atoms with van der Waals surface area (Å²) < 4.78 is 7.88. The highest BCUT2D eigenvalue weighted by atomic mass is 16.3. The molecule has 0 amide bonds. The number of nitrogens with zero attached hydrogens (tertiary/aromatic N) is 3. The number of aromatic nitrogens is 4. The van der Waals surface area contributed by atoms with Crippen LogP contribution in [-0.2, 0) is 13.1 Å². The minimum absolute atomic E-state index is 0.0110. The molecule has 0 fully saturated rings. The molecule has 5 rings (SSSR count). The van der Waals surface area contributed by atoms with Crippen molar-refractivity contribution in [3.63, 3.8) is 0 Å². The van der Waals surface area contributed by atoms with Gasteiger partial charge in [0.05, 0.1) is 18.6 Å². The summed E-state index contributed by atoms with van der Waals surface area (Å²) in [4.78, 5) is 58.0. The van der Waals surface area contributed by atoms with Gasteiger partial charge in [-0.05, 0) is 18.1 Å². The lowest BCUT2D eigenvalue weighted by atomic mass is 10.1. The quantitative estimate of drug-likeness (QED) is 0.423. The van der Waals surface area contributed by atoms with E-state index < -0.39 is 22.5 Å². The Hall–Kier alpha value is -4.53. The maximum absolute atomic E-state index is 13.5. The Labute approximate surface area is 185 Å². The van der Waals surface area contributed by atoms with Gasteiger partial charge in [-0.25, -0.2) is 9.59 Å². The summed E-state index contributed by atoms with van der Waals surface area (Å²) in [6.45, 7) is 1.61. The number of nitrogens with one attached hydrogen (secondary N) is 1. The van der Waals surface area contributed by atoms with Gasteiger partial charge in [-0.2, -0.15) is 4.98 Å². The number of benzene rings is 2.